The van der Waals surface area contributed by atoms with Crippen molar-refractivity contribution >= 4 is 33.6 Å². The van der Waals surface area contributed by atoms with E-state index in [-0.39, 0.29) is 18.1 Å². The first-order valence-corrected chi connectivity index (χ1v) is 13.2. The number of amides is 1. The summed E-state index contributed by atoms with van der Waals surface area (Å²) in [5, 5.41) is 13.4. The molecule has 5 aromatic rings. The first-order chi connectivity index (χ1) is 19.3. The van der Waals surface area contributed by atoms with Gasteiger partial charge in [0.05, 0.1) is 12.1 Å². The average molecular weight is 537 g/mol. The number of carboxylic acid groups (broad SMARTS) is 1. The number of ether oxygens (including phenoxy) is 1. The van der Waals surface area contributed by atoms with Crippen LogP contribution in [0.25, 0.3) is 32.8 Å². The zero-order valence-electron chi connectivity index (χ0n) is 23.1. The van der Waals surface area contributed by atoms with Crippen LogP contribution >= 0.6 is 0 Å². The zero-order valence-corrected chi connectivity index (χ0v) is 23.1. The molecule has 0 aliphatic rings. The van der Waals surface area contributed by atoms with E-state index >= 15 is 0 Å². The number of likely N-dealkylation sites (N-methyl/N-ethyl adjacent to an activating group) is 1. The minimum Gasteiger partial charge on any atom is -0.493 e. The van der Waals surface area contributed by atoms with E-state index in [1.54, 1.807) is 18.7 Å². The van der Waals surface area contributed by atoms with Crippen LogP contribution in [-0.4, -0.2) is 57.1 Å². The van der Waals surface area contributed by atoms with Gasteiger partial charge in [-0.2, -0.15) is 0 Å². The van der Waals surface area contributed by atoms with Crippen molar-refractivity contribution in [2.45, 2.75) is 33.2 Å². The molecule has 204 valence electrons. The van der Waals surface area contributed by atoms with Crippen LogP contribution in [0, 0.1) is 13.8 Å². The van der Waals surface area contributed by atoms with Gasteiger partial charge in [0.25, 0.3) is 0 Å². The molecular weight excluding hydrogens is 504 g/mol. The van der Waals surface area contributed by atoms with Crippen LogP contribution in [0.3, 0.4) is 0 Å². The summed E-state index contributed by atoms with van der Waals surface area (Å²) in [5.74, 6) is -0.470. The SMILES string of the molecule is Cc1ncnc(C)c1-c1cccc2c(CCCOc3cccc4ccccc34)c(C(=O)O)n(CC(=O)N(C)C)c12. The summed E-state index contributed by atoms with van der Waals surface area (Å²) in [6.45, 7) is 4.14. The highest BCUT2D eigenvalue weighted by molar-refractivity contribution is 6.05. The third-order valence-electron chi connectivity index (χ3n) is 7.26. The van der Waals surface area contributed by atoms with Gasteiger partial charge in [0.1, 0.15) is 24.3 Å². The first-order valence-electron chi connectivity index (χ1n) is 13.2. The Balaban J connectivity index is 1.57. The highest BCUT2D eigenvalue weighted by Crippen LogP contribution is 2.37. The Morgan fingerprint density at radius 1 is 0.925 bits per heavy atom. The number of nitrogens with zero attached hydrogens (tertiary/aromatic N) is 4. The maximum atomic E-state index is 12.9. The Kier molecular flexibility index (Phi) is 7.51. The van der Waals surface area contributed by atoms with E-state index in [4.69, 9.17) is 4.74 Å². The van der Waals surface area contributed by atoms with E-state index in [0.717, 1.165) is 44.4 Å². The molecule has 0 saturated carbocycles. The van der Waals surface area contributed by atoms with Crippen molar-refractivity contribution in [1.82, 2.24) is 19.4 Å². The molecule has 40 heavy (non-hydrogen) atoms. The number of fused-ring (bicyclic) bond motifs is 2. The highest BCUT2D eigenvalue weighted by Gasteiger charge is 2.27. The minimum atomic E-state index is -1.07. The summed E-state index contributed by atoms with van der Waals surface area (Å²) in [6, 6.07) is 19.8. The second-order valence-corrected chi connectivity index (χ2v) is 10.1. The van der Waals surface area contributed by atoms with Gasteiger partial charge in [0.2, 0.25) is 5.91 Å². The number of aromatic carboxylic acids is 1. The van der Waals surface area contributed by atoms with Crippen LogP contribution in [0.15, 0.2) is 67.0 Å². The van der Waals surface area contributed by atoms with E-state index in [1.165, 1.54) is 11.2 Å². The van der Waals surface area contributed by atoms with Crippen LogP contribution in [0.1, 0.15) is 33.9 Å². The van der Waals surface area contributed by atoms with Crippen molar-refractivity contribution in [2.24, 2.45) is 0 Å². The molecule has 8 nitrogen and oxygen atoms in total. The van der Waals surface area contributed by atoms with Gasteiger partial charge in [-0.15, -0.1) is 0 Å². The smallest absolute Gasteiger partial charge is 0.352 e. The summed E-state index contributed by atoms with van der Waals surface area (Å²) >= 11 is 0. The average Bonchev–Trinajstić information content (AvgIpc) is 3.24. The molecule has 5 rings (SSSR count). The van der Waals surface area contributed by atoms with Gasteiger partial charge in [-0.1, -0.05) is 54.6 Å². The Bertz CT molecular complexity index is 1710. The Hall–Kier alpha value is -4.72. The number of hydrogen-bond donors (Lipinski definition) is 1. The summed E-state index contributed by atoms with van der Waals surface area (Å²) in [5.41, 5.74) is 4.72. The lowest BCUT2D eigenvalue weighted by molar-refractivity contribution is -0.129. The lowest BCUT2D eigenvalue weighted by Crippen LogP contribution is -2.27. The van der Waals surface area contributed by atoms with Crippen LogP contribution in [-0.2, 0) is 17.8 Å². The molecule has 2 aromatic heterocycles. The summed E-state index contributed by atoms with van der Waals surface area (Å²) in [7, 11) is 3.33. The maximum Gasteiger partial charge on any atom is 0.352 e. The number of aryl methyl sites for hydroxylation is 3. The van der Waals surface area contributed by atoms with Gasteiger partial charge in [0, 0.05) is 47.4 Å². The fraction of sp³-hybridized carbons (Fsp3) is 0.250. The third kappa shape index (κ3) is 5.00. The van der Waals surface area contributed by atoms with Gasteiger partial charge >= 0.3 is 5.97 Å². The number of carboxylic acids is 1. The largest absolute Gasteiger partial charge is 0.493 e. The van der Waals surface area contributed by atoms with Crippen molar-refractivity contribution in [3.8, 4) is 16.9 Å². The molecule has 1 N–H and O–H groups in total. The van der Waals surface area contributed by atoms with Gasteiger partial charge in [0.15, 0.2) is 0 Å². The van der Waals surface area contributed by atoms with E-state index in [2.05, 4.69) is 9.97 Å². The van der Waals surface area contributed by atoms with Crippen LogP contribution < -0.4 is 4.74 Å². The predicted molar refractivity (Wildman–Crippen MR) is 156 cm³/mol. The lowest BCUT2D eigenvalue weighted by atomic mass is 9.98. The van der Waals surface area contributed by atoms with Gasteiger partial charge in [-0.05, 0) is 43.7 Å². The van der Waals surface area contributed by atoms with Gasteiger partial charge in [-0.3, -0.25) is 4.79 Å². The summed E-state index contributed by atoms with van der Waals surface area (Å²) < 4.78 is 7.79. The van der Waals surface area contributed by atoms with Crippen molar-refractivity contribution in [3.05, 3.63) is 89.6 Å². The maximum absolute atomic E-state index is 12.9. The molecule has 2 heterocycles. The number of hydrogen-bond acceptors (Lipinski definition) is 5. The van der Waals surface area contributed by atoms with Crippen molar-refractivity contribution in [1.29, 1.82) is 0 Å². The third-order valence-corrected chi connectivity index (χ3v) is 7.26. The minimum absolute atomic E-state index is 0.0968. The van der Waals surface area contributed by atoms with E-state index in [0.29, 0.717) is 30.5 Å². The molecule has 8 heteroatoms. The van der Waals surface area contributed by atoms with E-state index in [9.17, 15) is 14.7 Å². The second kappa shape index (κ2) is 11.2. The highest BCUT2D eigenvalue weighted by atomic mass is 16.5. The summed E-state index contributed by atoms with van der Waals surface area (Å²) in [6.07, 6.45) is 2.59. The molecule has 0 atom stereocenters. The molecule has 3 aromatic carbocycles. The van der Waals surface area contributed by atoms with Crippen LogP contribution in [0.5, 0.6) is 5.75 Å². The molecular formula is C32H32N4O4. The fourth-order valence-electron chi connectivity index (χ4n) is 5.35. The molecule has 0 unspecified atom stereocenters. The predicted octanol–water partition coefficient (Wildman–Crippen LogP) is 5.67. The van der Waals surface area contributed by atoms with Crippen molar-refractivity contribution < 1.29 is 19.4 Å². The van der Waals surface area contributed by atoms with E-state index < -0.39 is 5.97 Å². The molecule has 0 aliphatic carbocycles. The first kappa shape index (κ1) is 26.9. The molecule has 0 radical (unpaired) electrons. The molecule has 0 fully saturated rings. The monoisotopic (exact) mass is 536 g/mol. The summed E-state index contributed by atoms with van der Waals surface area (Å²) in [4.78, 5) is 35.9. The topological polar surface area (TPSA) is 97.5 Å². The standard InChI is InChI=1S/C32H32N4O4/c1-20-29(21(2)34-19-33-20)26-14-8-13-24-25(31(32(38)39)36(30(24)26)18-28(37)35(3)4)15-9-17-40-27-16-7-11-22-10-5-6-12-23(22)27/h5-8,10-14,16,19H,9,15,17-18H2,1-4H3,(H,38,39). The molecule has 1 amide bonds. The number of para-hydroxylation sites is 1. The molecule has 0 spiro atoms. The second-order valence-electron chi connectivity index (χ2n) is 10.1. The Morgan fingerprint density at radius 2 is 1.60 bits per heavy atom. The number of carbonyl (C=O) groups excluding carboxylic acids is 1. The zero-order chi connectivity index (χ0) is 28.4. The number of benzene rings is 3. The van der Waals surface area contributed by atoms with Crippen LogP contribution in [0.2, 0.25) is 0 Å². The van der Waals surface area contributed by atoms with Crippen LogP contribution in [0.4, 0.5) is 0 Å². The normalized spacial score (nSPS) is 11.2. The number of aromatic nitrogens is 3. The Labute approximate surface area is 232 Å². The van der Waals surface area contributed by atoms with Gasteiger partial charge < -0.3 is 19.3 Å². The molecule has 0 bridgehead atoms. The van der Waals surface area contributed by atoms with E-state index in [1.807, 2.05) is 74.5 Å². The molecule has 0 aliphatic heterocycles. The Morgan fingerprint density at radius 3 is 2.33 bits per heavy atom. The van der Waals surface area contributed by atoms with Crippen molar-refractivity contribution in [2.75, 3.05) is 20.7 Å². The molecule has 0 saturated heterocycles. The quantitative estimate of drug-likeness (QED) is 0.244. The van der Waals surface area contributed by atoms with Crippen molar-refractivity contribution in [3.63, 3.8) is 0 Å². The lowest BCUT2D eigenvalue weighted by Gasteiger charge is -2.16. The number of carbonyl (C=O) groups is 2. The fourth-order valence-corrected chi connectivity index (χ4v) is 5.35. The van der Waals surface area contributed by atoms with Gasteiger partial charge in [-0.25, -0.2) is 14.8 Å². The number of rotatable bonds is 9.